The number of nitrogens with one attached hydrogen (secondary N) is 2. The molecule has 5 nitrogen and oxygen atoms in total. The summed E-state index contributed by atoms with van der Waals surface area (Å²) in [7, 11) is 1.59. The van der Waals surface area contributed by atoms with E-state index in [0.717, 1.165) is 10.0 Å². The quantitative estimate of drug-likeness (QED) is 0.775. The predicted octanol–water partition coefficient (Wildman–Crippen LogP) is 2.20. The van der Waals surface area contributed by atoms with Crippen molar-refractivity contribution < 1.29 is 14.6 Å². The first-order valence-electron chi connectivity index (χ1n) is 6.00. The molecule has 0 aliphatic heterocycles. The number of aliphatic hydroxyl groups is 1. The molecule has 0 aliphatic carbocycles. The van der Waals surface area contributed by atoms with E-state index in [-0.39, 0.29) is 18.6 Å². The summed E-state index contributed by atoms with van der Waals surface area (Å²) in [6.07, 6.45) is -0.566. The van der Waals surface area contributed by atoms with Crippen LogP contribution in [0.1, 0.15) is 25.5 Å². The molecule has 0 aliphatic rings. The highest BCUT2D eigenvalue weighted by Crippen LogP contribution is 2.28. The maximum Gasteiger partial charge on any atom is 0.315 e. The molecule has 2 amide bonds. The Morgan fingerprint density at radius 1 is 1.47 bits per heavy atom. The maximum atomic E-state index is 11.6. The van der Waals surface area contributed by atoms with Gasteiger partial charge in [0.1, 0.15) is 5.75 Å². The zero-order chi connectivity index (χ0) is 14.4. The van der Waals surface area contributed by atoms with Gasteiger partial charge in [0.25, 0.3) is 0 Å². The van der Waals surface area contributed by atoms with Gasteiger partial charge in [0.15, 0.2) is 0 Å². The molecule has 1 aromatic carbocycles. The van der Waals surface area contributed by atoms with Crippen molar-refractivity contribution in [2.75, 3.05) is 13.7 Å². The minimum atomic E-state index is -0.566. The number of halogens is 1. The summed E-state index contributed by atoms with van der Waals surface area (Å²) in [5.41, 5.74) is 0.887. The van der Waals surface area contributed by atoms with E-state index in [2.05, 4.69) is 26.6 Å². The number of carbonyl (C=O) groups is 1. The van der Waals surface area contributed by atoms with Gasteiger partial charge in [-0.3, -0.25) is 0 Å². The van der Waals surface area contributed by atoms with E-state index in [9.17, 15) is 4.79 Å². The van der Waals surface area contributed by atoms with Crippen molar-refractivity contribution in [3.8, 4) is 5.75 Å². The second-order valence-corrected chi connectivity index (χ2v) is 5.23. The number of rotatable bonds is 5. The minimum absolute atomic E-state index is 0.197. The van der Waals surface area contributed by atoms with Crippen molar-refractivity contribution in [1.82, 2.24) is 10.6 Å². The molecule has 0 saturated heterocycles. The minimum Gasteiger partial charge on any atom is -0.496 e. The van der Waals surface area contributed by atoms with E-state index < -0.39 is 6.10 Å². The number of aliphatic hydroxyl groups excluding tert-OH is 1. The summed E-state index contributed by atoms with van der Waals surface area (Å²) >= 11 is 3.37. The van der Waals surface area contributed by atoms with Gasteiger partial charge in [-0.1, -0.05) is 22.0 Å². The Hall–Kier alpha value is -1.27. The van der Waals surface area contributed by atoms with Gasteiger partial charge < -0.3 is 20.5 Å². The van der Waals surface area contributed by atoms with Crippen molar-refractivity contribution in [3.63, 3.8) is 0 Å². The molecule has 0 heterocycles. The molecule has 19 heavy (non-hydrogen) atoms. The summed E-state index contributed by atoms with van der Waals surface area (Å²) in [5.74, 6) is 0.706. The van der Waals surface area contributed by atoms with Gasteiger partial charge in [0.05, 0.1) is 19.3 Å². The van der Waals surface area contributed by atoms with Crippen LogP contribution in [0.4, 0.5) is 4.79 Å². The van der Waals surface area contributed by atoms with Crippen LogP contribution in [0.3, 0.4) is 0 Å². The first kappa shape index (κ1) is 15.8. The van der Waals surface area contributed by atoms with Gasteiger partial charge in [0.2, 0.25) is 0 Å². The Labute approximate surface area is 121 Å². The van der Waals surface area contributed by atoms with E-state index in [1.807, 2.05) is 25.1 Å². The maximum absolute atomic E-state index is 11.6. The van der Waals surface area contributed by atoms with Crippen LogP contribution >= 0.6 is 15.9 Å². The lowest BCUT2D eigenvalue weighted by molar-refractivity contribution is 0.187. The van der Waals surface area contributed by atoms with Gasteiger partial charge in [-0.25, -0.2) is 4.79 Å². The van der Waals surface area contributed by atoms with Gasteiger partial charge in [-0.05, 0) is 26.0 Å². The fourth-order valence-corrected chi connectivity index (χ4v) is 1.95. The zero-order valence-corrected chi connectivity index (χ0v) is 12.8. The number of methoxy groups -OCH3 is 1. The third kappa shape index (κ3) is 5.08. The molecule has 106 valence electrons. The lowest BCUT2D eigenvalue weighted by atomic mass is 10.1. The Kier molecular flexibility index (Phi) is 6.11. The summed E-state index contributed by atoms with van der Waals surface area (Å²) in [4.78, 5) is 11.6. The number of benzene rings is 1. The largest absolute Gasteiger partial charge is 0.496 e. The molecule has 1 rings (SSSR count). The molecule has 0 spiro atoms. The van der Waals surface area contributed by atoms with Crippen LogP contribution in [0.5, 0.6) is 5.75 Å². The Morgan fingerprint density at radius 2 is 2.16 bits per heavy atom. The number of ether oxygens (including phenoxy) is 1. The molecular formula is C13H19BrN2O3. The molecular weight excluding hydrogens is 312 g/mol. The summed E-state index contributed by atoms with van der Waals surface area (Å²) in [6.45, 7) is 3.70. The number of hydrogen-bond acceptors (Lipinski definition) is 3. The average Bonchev–Trinajstić information content (AvgIpc) is 2.35. The smallest absolute Gasteiger partial charge is 0.315 e. The van der Waals surface area contributed by atoms with Gasteiger partial charge in [-0.2, -0.15) is 0 Å². The van der Waals surface area contributed by atoms with E-state index >= 15 is 0 Å². The van der Waals surface area contributed by atoms with Crippen LogP contribution < -0.4 is 15.4 Å². The third-order valence-corrected chi connectivity index (χ3v) is 3.06. The standard InChI is InChI=1S/C13H19BrN2O3/c1-8(17)7-15-13(18)16-9(2)11-5-4-10(14)6-12(11)19-3/h4-6,8-9,17H,7H2,1-3H3,(H2,15,16,18)/t8-,9+/m1/s1. The number of amides is 2. The summed E-state index contributed by atoms with van der Waals surface area (Å²) in [6, 6.07) is 5.11. The van der Waals surface area contributed by atoms with Crippen molar-refractivity contribution >= 4 is 22.0 Å². The van der Waals surface area contributed by atoms with Gasteiger partial charge in [-0.15, -0.1) is 0 Å². The van der Waals surface area contributed by atoms with Crippen molar-refractivity contribution in [2.45, 2.75) is 26.0 Å². The first-order valence-corrected chi connectivity index (χ1v) is 6.79. The predicted molar refractivity (Wildman–Crippen MR) is 77.3 cm³/mol. The molecule has 0 unspecified atom stereocenters. The highest BCUT2D eigenvalue weighted by molar-refractivity contribution is 9.10. The molecule has 0 radical (unpaired) electrons. The molecule has 0 bridgehead atoms. The van der Waals surface area contributed by atoms with E-state index in [1.165, 1.54) is 0 Å². The molecule has 0 saturated carbocycles. The van der Waals surface area contributed by atoms with Crippen LogP contribution in [0, 0.1) is 0 Å². The number of carbonyl (C=O) groups excluding carboxylic acids is 1. The van der Waals surface area contributed by atoms with Crippen LogP contribution in [0.15, 0.2) is 22.7 Å². The molecule has 1 aromatic rings. The average molecular weight is 331 g/mol. The Morgan fingerprint density at radius 3 is 2.74 bits per heavy atom. The van der Waals surface area contributed by atoms with Crippen molar-refractivity contribution in [3.05, 3.63) is 28.2 Å². The van der Waals surface area contributed by atoms with Crippen LogP contribution in [-0.4, -0.2) is 30.9 Å². The molecule has 0 fully saturated rings. The second-order valence-electron chi connectivity index (χ2n) is 4.31. The molecule has 3 N–H and O–H groups in total. The van der Waals surface area contributed by atoms with Crippen LogP contribution in [0.25, 0.3) is 0 Å². The topological polar surface area (TPSA) is 70.6 Å². The van der Waals surface area contributed by atoms with Gasteiger partial charge in [0, 0.05) is 16.6 Å². The Balaban J connectivity index is 2.67. The lowest BCUT2D eigenvalue weighted by Gasteiger charge is -2.18. The normalized spacial score (nSPS) is 13.5. The highest BCUT2D eigenvalue weighted by Gasteiger charge is 2.14. The van der Waals surface area contributed by atoms with Crippen LogP contribution in [-0.2, 0) is 0 Å². The van der Waals surface area contributed by atoms with E-state index in [0.29, 0.717) is 5.75 Å². The summed E-state index contributed by atoms with van der Waals surface area (Å²) < 4.78 is 6.20. The monoisotopic (exact) mass is 330 g/mol. The third-order valence-electron chi connectivity index (χ3n) is 2.57. The second kappa shape index (κ2) is 7.35. The highest BCUT2D eigenvalue weighted by atomic mass is 79.9. The summed E-state index contributed by atoms with van der Waals surface area (Å²) in [5, 5.41) is 14.5. The lowest BCUT2D eigenvalue weighted by Crippen LogP contribution is -2.40. The fraction of sp³-hybridized carbons (Fsp3) is 0.462. The molecule has 0 aromatic heterocycles. The Bertz CT molecular complexity index is 438. The van der Waals surface area contributed by atoms with Gasteiger partial charge >= 0.3 is 6.03 Å². The molecule has 6 heteroatoms. The first-order chi connectivity index (χ1) is 8.93. The van der Waals surface area contributed by atoms with Crippen molar-refractivity contribution in [2.24, 2.45) is 0 Å². The zero-order valence-electron chi connectivity index (χ0n) is 11.2. The molecule has 2 atom stereocenters. The number of hydrogen-bond donors (Lipinski definition) is 3. The number of urea groups is 1. The fourth-order valence-electron chi connectivity index (χ4n) is 1.61. The van der Waals surface area contributed by atoms with E-state index in [4.69, 9.17) is 9.84 Å². The van der Waals surface area contributed by atoms with Crippen molar-refractivity contribution in [1.29, 1.82) is 0 Å². The van der Waals surface area contributed by atoms with Crippen LogP contribution in [0.2, 0.25) is 0 Å². The van der Waals surface area contributed by atoms with E-state index in [1.54, 1.807) is 14.0 Å². The SMILES string of the molecule is COc1cc(Br)ccc1[C@H](C)NC(=O)NC[C@@H](C)O.